The molecule has 0 N–H and O–H groups in total. The molecule has 21 heavy (non-hydrogen) atoms. The average Bonchev–Trinajstić information content (AvgIpc) is 2.41. The molecule has 0 saturated carbocycles. The van der Waals surface area contributed by atoms with E-state index in [1.807, 2.05) is 7.05 Å². The van der Waals surface area contributed by atoms with Crippen LogP contribution < -0.4 is 0 Å². The number of piperazine rings is 1. The van der Waals surface area contributed by atoms with Crippen molar-refractivity contribution in [2.45, 2.75) is 5.75 Å². The highest BCUT2D eigenvalue weighted by molar-refractivity contribution is 7.91. The smallest absolute Gasteiger partial charge is 0.237 e. The molecule has 1 amide bonds. The van der Waals surface area contributed by atoms with Gasteiger partial charge in [-0.1, -0.05) is 23.7 Å². The quantitative estimate of drug-likeness (QED) is 0.827. The molecule has 0 radical (unpaired) electrons. The highest BCUT2D eigenvalue weighted by Gasteiger charge is 2.24. The third-order valence-electron chi connectivity index (χ3n) is 3.50. The molecule has 0 unspecified atom stereocenters. The van der Waals surface area contributed by atoms with Crippen LogP contribution in [0.25, 0.3) is 0 Å². The van der Waals surface area contributed by atoms with Crippen LogP contribution in [0.3, 0.4) is 0 Å². The SMILES string of the molecule is CN1CCN(C(=O)CS(=O)(=O)Cc2ccc(Cl)cc2)CC1. The van der Waals surface area contributed by atoms with Gasteiger partial charge >= 0.3 is 0 Å². The Morgan fingerprint density at radius 2 is 1.71 bits per heavy atom. The van der Waals surface area contributed by atoms with Crippen molar-refractivity contribution < 1.29 is 13.2 Å². The van der Waals surface area contributed by atoms with E-state index in [-0.39, 0.29) is 11.7 Å². The van der Waals surface area contributed by atoms with Crippen molar-refractivity contribution in [2.75, 3.05) is 39.0 Å². The summed E-state index contributed by atoms with van der Waals surface area (Å²) >= 11 is 5.77. The summed E-state index contributed by atoms with van der Waals surface area (Å²) in [4.78, 5) is 15.8. The van der Waals surface area contributed by atoms with Gasteiger partial charge in [-0.25, -0.2) is 8.42 Å². The Kier molecular flexibility index (Phi) is 5.24. The van der Waals surface area contributed by atoms with E-state index < -0.39 is 15.6 Å². The summed E-state index contributed by atoms with van der Waals surface area (Å²) < 4.78 is 24.2. The average molecular weight is 331 g/mol. The van der Waals surface area contributed by atoms with Gasteiger partial charge in [0.15, 0.2) is 9.84 Å². The number of nitrogens with zero attached hydrogens (tertiary/aromatic N) is 2. The van der Waals surface area contributed by atoms with E-state index >= 15 is 0 Å². The van der Waals surface area contributed by atoms with Gasteiger partial charge in [-0.3, -0.25) is 4.79 Å². The van der Waals surface area contributed by atoms with Crippen LogP contribution in [-0.2, 0) is 20.4 Å². The van der Waals surface area contributed by atoms with E-state index in [1.54, 1.807) is 29.2 Å². The Bertz CT molecular complexity index is 593. The molecule has 1 aromatic carbocycles. The summed E-state index contributed by atoms with van der Waals surface area (Å²) in [6.45, 7) is 2.74. The van der Waals surface area contributed by atoms with Crippen LogP contribution in [0.1, 0.15) is 5.56 Å². The fraction of sp³-hybridized carbons (Fsp3) is 0.500. The number of amides is 1. The minimum atomic E-state index is -3.46. The maximum absolute atomic E-state index is 12.1. The molecule has 0 spiro atoms. The van der Waals surface area contributed by atoms with Gasteiger partial charge in [0.25, 0.3) is 0 Å². The lowest BCUT2D eigenvalue weighted by Gasteiger charge is -2.32. The highest BCUT2D eigenvalue weighted by atomic mass is 35.5. The Balaban J connectivity index is 1.94. The van der Waals surface area contributed by atoms with Gasteiger partial charge in [-0.15, -0.1) is 0 Å². The number of carbonyl (C=O) groups excluding carboxylic acids is 1. The van der Waals surface area contributed by atoms with E-state index in [4.69, 9.17) is 11.6 Å². The molecule has 1 aliphatic heterocycles. The first kappa shape index (κ1) is 16.3. The third-order valence-corrected chi connectivity index (χ3v) is 5.21. The van der Waals surface area contributed by atoms with Crippen LogP contribution in [0.15, 0.2) is 24.3 Å². The number of carbonyl (C=O) groups is 1. The minimum absolute atomic E-state index is 0.135. The van der Waals surface area contributed by atoms with Crippen LogP contribution in [0.4, 0.5) is 0 Å². The van der Waals surface area contributed by atoms with Crippen molar-refractivity contribution in [1.82, 2.24) is 9.80 Å². The van der Waals surface area contributed by atoms with E-state index in [9.17, 15) is 13.2 Å². The van der Waals surface area contributed by atoms with E-state index in [1.165, 1.54) is 0 Å². The normalized spacial score (nSPS) is 17.0. The zero-order valence-electron chi connectivity index (χ0n) is 12.0. The molecule has 5 nitrogen and oxygen atoms in total. The summed E-state index contributed by atoms with van der Waals surface area (Å²) in [5.41, 5.74) is 0.644. The summed E-state index contributed by atoms with van der Waals surface area (Å²) in [5, 5.41) is 0.560. The first-order valence-corrected chi connectivity index (χ1v) is 8.97. The number of likely N-dealkylation sites (N-methyl/N-ethyl adjacent to an activating group) is 1. The van der Waals surface area contributed by atoms with Crippen molar-refractivity contribution in [3.8, 4) is 0 Å². The van der Waals surface area contributed by atoms with Gasteiger partial charge in [-0.05, 0) is 24.7 Å². The maximum atomic E-state index is 12.1. The van der Waals surface area contributed by atoms with Crippen molar-refractivity contribution in [2.24, 2.45) is 0 Å². The lowest BCUT2D eigenvalue weighted by molar-refractivity contribution is -0.129. The fourth-order valence-electron chi connectivity index (χ4n) is 2.22. The standard InChI is InChI=1S/C14H19ClN2O3S/c1-16-6-8-17(9-7-16)14(18)11-21(19,20)10-12-2-4-13(15)5-3-12/h2-5H,6-11H2,1H3. The van der Waals surface area contributed by atoms with Crippen LogP contribution in [0.5, 0.6) is 0 Å². The molecule has 1 heterocycles. The zero-order valence-corrected chi connectivity index (χ0v) is 13.5. The number of benzene rings is 1. The molecular formula is C14H19ClN2O3S. The summed E-state index contributed by atoms with van der Waals surface area (Å²) in [6, 6.07) is 6.63. The first-order chi connectivity index (χ1) is 9.85. The van der Waals surface area contributed by atoms with Crippen LogP contribution in [-0.4, -0.2) is 63.1 Å². The summed E-state index contributed by atoms with van der Waals surface area (Å²) in [5.74, 6) is -0.875. The monoisotopic (exact) mass is 330 g/mol. The van der Waals surface area contributed by atoms with Crippen LogP contribution in [0.2, 0.25) is 5.02 Å². The van der Waals surface area contributed by atoms with Crippen molar-refractivity contribution >= 4 is 27.3 Å². The van der Waals surface area contributed by atoms with E-state index in [0.29, 0.717) is 23.7 Å². The second-order valence-corrected chi connectivity index (χ2v) is 7.84. The minimum Gasteiger partial charge on any atom is -0.339 e. The number of halogens is 1. The molecule has 0 atom stereocenters. The molecule has 0 bridgehead atoms. The molecule has 1 saturated heterocycles. The Morgan fingerprint density at radius 1 is 1.14 bits per heavy atom. The Hall–Kier alpha value is -1.11. The summed E-state index contributed by atoms with van der Waals surface area (Å²) in [7, 11) is -1.47. The number of sulfone groups is 1. The predicted molar refractivity (Wildman–Crippen MR) is 83.0 cm³/mol. The first-order valence-electron chi connectivity index (χ1n) is 6.77. The van der Waals surface area contributed by atoms with Crippen molar-refractivity contribution in [3.63, 3.8) is 0 Å². The van der Waals surface area contributed by atoms with Gasteiger partial charge in [0.05, 0.1) is 5.75 Å². The lowest BCUT2D eigenvalue weighted by atomic mass is 10.2. The molecule has 2 rings (SSSR count). The molecule has 0 aliphatic carbocycles. The number of rotatable bonds is 4. The number of hydrogen-bond donors (Lipinski definition) is 0. The van der Waals surface area contributed by atoms with Gasteiger partial charge in [0, 0.05) is 31.2 Å². The van der Waals surface area contributed by atoms with Gasteiger partial charge in [0.2, 0.25) is 5.91 Å². The number of hydrogen-bond acceptors (Lipinski definition) is 4. The summed E-state index contributed by atoms with van der Waals surface area (Å²) in [6.07, 6.45) is 0. The highest BCUT2D eigenvalue weighted by Crippen LogP contribution is 2.13. The molecule has 0 aromatic heterocycles. The van der Waals surface area contributed by atoms with Gasteiger partial charge < -0.3 is 9.80 Å². The van der Waals surface area contributed by atoms with Crippen LogP contribution in [0, 0.1) is 0 Å². The molecule has 7 heteroatoms. The van der Waals surface area contributed by atoms with Crippen molar-refractivity contribution in [1.29, 1.82) is 0 Å². The largest absolute Gasteiger partial charge is 0.339 e. The predicted octanol–water partition coefficient (Wildman–Crippen LogP) is 1.03. The second kappa shape index (κ2) is 6.77. The lowest BCUT2D eigenvalue weighted by Crippen LogP contribution is -2.48. The van der Waals surface area contributed by atoms with Gasteiger partial charge in [-0.2, -0.15) is 0 Å². The molecule has 1 aliphatic rings. The third kappa shape index (κ3) is 4.98. The zero-order chi connectivity index (χ0) is 15.5. The van der Waals surface area contributed by atoms with E-state index in [0.717, 1.165) is 13.1 Å². The molecule has 116 valence electrons. The van der Waals surface area contributed by atoms with Crippen LogP contribution >= 0.6 is 11.6 Å². The topological polar surface area (TPSA) is 57.7 Å². The Labute approximate surface area is 130 Å². The van der Waals surface area contributed by atoms with Gasteiger partial charge in [0.1, 0.15) is 5.75 Å². The maximum Gasteiger partial charge on any atom is 0.237 e. The Morgan fingerprint density at radius 3 is 2.29 bits per heavy atom. The van der Waals surface area contributed by atoms with E-state index in [2.05, 4.69) is 4.90 Å². The molecule has 1 fully saturated rings. The molecule has 1 aromatic rings. The van der Waals surface area contributed by atoms with Crippen molar-refractivity contribution in [3.05, 3.63) is 34.9 Å². The molecular weight excluding hydrogens is 312 g/mol. The fourth-order valence-corrected chi connectivity index (χ4v) is 3.71. The second-order valence-electron chi connectivity index (χ2n) is 5.34.